The van der Waals surface area contributed by atoms with E-state index in [1.165, 1.54) is 28.4 Å². The van der Waals surface area contributed by atoms with Gasteiger partial charge in [0, 0.05) is 4.47 Å². The zero-order chi connectivity index (χ0) is 9.42. The molecule has 0 aromatic heterocycles. The second-order valence-corrected chi connectivity index (χ2v) is 5.06. The van der Waals surface area contributed by atoms with Crippen LogP contribution in [0.25, 0.3) is 0 Å². The van der Waals surface area contributed by atoms with Gasteiger partial charge in [-0.1, -0.05) is 41.9 Å². The highest BCUT2D eigenvalue weighted by Gasteiger charge is 2.25. The van der Waals surface area contributed by atoms with Crippen LogP contribution in [0.2, 0.25) is 0 Å². The fourth-order valence-corrected chi connectivity index (χ4v) is 2.20. The van der Waals surface area contributed by atoms with Crippen LogP contribution in [0.4, 0.5) is 0 Å². The molecule has 0 atom stereocenters. The van der Waals surface area contributed by atoms with E-state index in [9.17, 15) is 0 Å². The van der Waals surface area contributed by atoms with Gasteiger partial charge in [-0.2, -0.15) is 0 Å². The maximum atomic E-state index is 3.62. The maximum absolute atomic E-state index is 3.62. The lowest BCUT2D eigenvalue weighted by Gasteiger charge is -2.09. The zero-order valence-electron chi connectivity index (χ0n) is 8.18. The van der Waals surface area contributed by atoms with Crippen molar-refractivity contribution in [3.63, 3.8) is 0 Å². The lowest BCUT2D eigenvalue weighted by Crippen LogP contribution is -1.90. The van der Waals surface area contributed by atoms with Gasteiger partial charge in [-0.15, -0.1) is 0 Å². The number of hydrogen-bond donors (Lipinski definition) is 0. The molecule has 0 nitrogen and oxygen atoms in total. The highest BCUT2D eigenvalue weighted by molar-refractivity contribution is 9.10. The standard InChI is InChI=1S/C12H15Br/c1-8(2)10-5-6-12(13)11(7-10)9-3-4-9/h5-9H,3-4H2,1-2H3. The van der Waals surface area contributed by atoms with E-state index in [4.69, 9.17) is 0 Å². The summed E-state index contributed by atoms with van der Waals surface area (Å²) >= 11 is 3.62. The van der Waals surface area contributed by atoms with E-state index in [0.29, 0.717) is 5.92 Å². The van der Waals surface area contributed by atoms with Crippen LogP contribution in [0.1, 0.15) is 49.7 Å². The quantitative estimate of drug-likeness (QED) is 0.715. The molecule has 2 rings (SSSR count). The molecule has 1 aromatic carbocycles. The van der Waals surface area contributed by atoms with Gasteiger partial charge in [-0.25, -0.2) is 0 Å². The van der Waals surface area contributed by atoms with Crippen LogP contribution in [0.3, 0.4) is 0 Å². The van der Waals surface area contributed by atoms with Crippen molar-refractivity contribution >= 4 is 15.9 Å². The van der Waals surface area contributed by atoms with Crippen LogP contribution in [0, 0.1) is 0 Å². The minimum atomic E-state index is 0.644. The maximum Gasteiger partial charge on any atom is 0.0210 e. The Morgan fingerprint density at radius 1 is 1.31 bits per heavy atom. The summed E-state index contributed by atoms with van der Waals surface area (Å²) in [6.07, 6.45) is 2.75. The van der Waals surface area contributed by atoms with Crippen molar-refractivity contribution in [1.82, 2.24) is 0 Å². The summed E-state index contributed by atoms with van der Waals surface area (Å²) in [5, 5.41) is 0. The van der Waals surface area contributed by atoms with Gasteiger partial charge in [0.2, 0.25) is 0 Å². The second kappa shape index (κ2) is 3.45. The molecule has 1 aliphatic rings. The third-order valence-electron chi connectivity index (χ3n) is 2.70. The van der Waals surface area contributed by atoms with Gasteiger partial charge in [0.25, 0.3) is 0 Å². The molecule has 0 heterocycles. The summed E-state index contributed by atoms with van der Waals surface area (Å²) < 4.78 is 1.29. The summed E-state index contributed by atoms with van der Waals surface area (Å²) in [6.45, 7) is 4.50. The Bertz CT molecular complexity index is 311. The van der Waals surface area contributed by atoms with Crippen LogP contribution in [-0.2, 0) is 0 Å². The lowest BCUT2D eigenvalue weighted by atomic mass is 9.99. The van der Waals surface area contributed by atoms with E-state index < -0.39 is 0 Å². The average molecular weight is 239 g/mol. The molecule has 13 heavy (non-hydrogen) atoms. The van der Waals surface area contributed by atoms with Gasteiger partial charge in [-0.3, -0.25) is 0 Å². The first-order valence-electron chi connectivity index (χ1n) is 4.98. The van der Waals surface area contributed by atoms with E-state index in [-0.39, 0.29) is 0 Å². The first kappa shape index (κ1) is 9.26. The predicted molar refractivity (Wildman–Crippen MR) is 60.2 cm³/mol. The molecule has 1 fully saturated rings. The Balaban J connectivity index is 2.36. The smallest absolute Gasteiger partial charge is 0.0210 e. The van der Waals surface area contributed by atoms with Crippen molar-refractivity contribution in [2.45, 2.75) is 38.5 Å². The Kier molecular flexibility index (Phi) is 2.46. The SMILES string of the molecule is CC(C)c1ccc(Br)c(C2CC2)c1. The first-order valence-corrected chi connectivity index (χ1v) is 5.77. The number of hydrogen-bond acceptors (Lipinski definition) is 0. The Morgan fingerprint density at radius 2 is 2.00 bits per heavy atom. The molecule has 1 aromatic rings. The third-order valence-corrected chi connectivity index (χ3v) is 3.43. The van der Waals surface area contributed by atoms with E-state index in [2.05, 4.69) is 48.0 Å². The summed E-state index contributed by atoms with van der Waals surface area (Å²) in [5.41, 5.74) is 2.98. The zero-order valence-corrected chi connectivity index (χ0v) is 9.76. The molecule has 0 N–H and O–H groups in total. The molecule has 1 saturated carbocycles. The van der Waals surface area contributed by atoms with Crippen molar-refractivity contribution in [2.75, 3.05) is 0 Å². The van der Waals surface area contributed by atoms with Gasteiger partial charge in [-0.05, 0) is 41.9 Å². The fourth-order valence-electron chi connectivity index (χ4n) is 1.63. The molecule has 1 heteroatoms. The molecule has 0 aliphatic heterocycles. The van der Waals surface area contributed by atoms with Gasteiger partial charge in [0.05, 0.1) is 0 Å². The molecule has 0 saturated heterocycles. The summed E-state index contributed by atoms with van der Waals surface area (Å²) in [7, 11) is 0. The number of halogens is 1. The van der Waals surface area contributed by atoms with Crippen LogP contribution >= 0.6 is 15.9 Å². The summed E-state index contributed by atoms with van der Waals surface area (Å²) in [4.78, 5) is 0. The number of benzene rings is 1. The van der Waals surface area contributed by atoms with Crippen molar-refractivity contribution in [3.8, 4) is 0 Å². The summed E-state index contributed by atoms with van der Waals surface area (Å²) in [5.74, 6) is 1.48. The molecule has 0 amide bonds. The van der Waals surface area contributed by atoms with Gasteiger partial charge in [0.1, 0.15) is 0 Å². The van der Waals surface area contributed by atoms with Crippen molar-refractivity contribution in [1.29, 1.82) is 0 Å². The monoisotopic (exact) mass is 238 g/mol. The van der Waals surface area contributed by atoms with E-state index in [0.717, 1.165) is 5.92 Å². The lowest BCUT2D eigenvalue weighted by molar-refractivity contribution is 0.861. The minimum absolute atomic E-state index is 0.644. The average Bonchev–Trinajstić information content (AvgIpc) is 2.87. The third kappa shape index (κ3) is 1.96. The molecule has 0 radical (unpaired) electrons. The van der Waals surface area contributed by atoms with E-state index >= 15 is 0 Å². The molecule has 0 unspecified atom stereocenters. The summed E-state index contributed by atoms with van der Waals surface area (Å²) in [6, 6.07) is 6.79. The minimum Gasteiger partial charge on any atom is -0.0587 e. The van der Waals surface area contributed by atoms with Crippen LogP contribution in [-0.4, -0.2) is 0 Å². The predicted octanol–water partition coefficient (Wildman–Crippen LogP) is 4.45. The van der Waals surface area contributed by atoms with Crippen molar-refractivity contribution in [2.24, 2.45) is 0 Å². The van der Waals surface area contributed by atoms with Gasteiger partial charge in [0.15, 0.2) is 0 Å². The van der Waals surface area contributed by atoms with Crippen molar-refractivity contribution < 1.29 is 0 Å². The van der Waals surface area contributed by atoms with Gasteiger partial charge < -0.3 is 0 Å². The largest absolute Gasteiger partial charge is 0.0587 e. The van der Waals surface area contributed by atoms with E-state index in [1.54, 1.807) is 0 Å². The van der Waals surface area contributed by atoms with Gasteiger partial charge >= 0.3 is 0 Å². The second-order valence-electron chi connectivity index (χ2n) is 4.21. The normalized spacial score (nSPS) is 16.6. The van der Waals surface area contributed by atoms with Crippen molar-refractivity contribution in [3.05, 3.63) is 33.8 Å². The number of rotatable bonds is 2. The molecule has 0 spiro atoms. The Labute approximate surface area is 88.5 Å². The van der Waals surface area contributed by atoms with Crippen LogP contribution < -0.4 is 0 Å². The Morgan fingerprint density at radius 3 is 2.54 bits per heavy atom. The Hall–Kier alpha value is -0.300. The highest BCUT2D eigenvalue weighted by Crippen LogP contribution is 2.44. The first-order chi connectivity index (χ1) is 6.18. The highest BCUT2D eigenvalue weighted by atomic mass is 79.9. The fraction of sp³-hybridized carbons (Fsp3) is 0.500. The van der Waals surface area contributed by atoms with E-state index in [1.807, 2.05) is 0 Å². The molecular weight excluding hydrogens is 224 g/mol. The molecule has 0 bridgehead atoms. The molecule has 70 valence electrons. The molecular formula is C12H15Br. The van der Waals surface area contributed by atoms with Crippen LogP contribution in [0.15, 0.2) is 22.7 Å². The topological polar surface area (TPSA) is 0 Å². The van der Waals surface area contributed by atoms with Crippen LogP contribution in [0.5, 0.6) is 0 Å². The molecule has 1 aliphatic carbocycles.